The molecule has 21 unspecified atom stereocenters. The molecule has 0 aromatic heterocycles. The standard InChI is InChI=1S/C55H92N6O20/c1-13-28(6)41(60-52(73)40(27(4)5)59-51(72)39(56-10)26(2)3)36(76-11)22-38(67)61-21-17-20-33(61)46(77-12)29(7)50(71)57-30(8)47(32-18-15-14-16-19-32)79-53-45(70)49(44(69)37(25-63)78-53)81-55(54(74)75)23-34(65)42(58-31(9)64)48(80-55)43(68)35(66)24-62/h14-16,18-19,26-30,33-37,39-49,53,56,62-63,65-66,68-70H,13,17,20-25H2,1-12H3,(H,57,71)(H,58,64)(H,59,72)(H,60,73)(H,74,75). The Morgan fingerprint density at radius 3 is 2.01 bits per heavy atom. The largest absolute Gasteiger partial charge is 0.477 e. The zero-order valence-corrected chi connectivity index (χ0v) is 48.7. The molecule has 5 amide bonds. The van der Waals surface area contributed by atoms with Gasteiger partial charge in [0.1, 0.15) is 54.9 Å². The smallest absolute Gasteiger partial charge is 0.364 e. The highest BCUT2D eigenvalue weighted by Crippen LogP contribution is 2.39. The second kappa shape index (κ2) is 31.4. The number of hydrogen-bond donors (Lipinski definition) is 13. The summed E-state index contributed by atoms with van der Waals surface area (Å²) < 4.78 is 35.9. The Hall–Kier alpha value is -4.52. The quantitative estimate of drug-likeness (QED) is 0.0404. The van der Waals surface area contributed by atoms with Crippen LogP contribution in [0.25, 0.3) is 0 Å². The average molecular weight is 1160 g/mol. The van der Waals surface area contributed by atoms with Crippen molar-refractivity contribution in [2.24, 2.45) is 23.7 Å². The number of aliphatic hydroxyl groups is 7. The van der Waals surface area contributed by atoms with E-state index >= 15 is 0 Å². The summed E-state index contributed by atoms with van der Waals surface area (Å²) in [5.74, 6) is -8.61. The third-order valence-corrected chi connectivity index (χ3v) is 15.9. The first-order valence-corrected chi connectivity index (χ1v) is 27.9. The number of nitrogens with zero attached hydrogens (tertiary/aromatic N) is 1. The number of carbonyl (C=O) groups excluding carboxylic acids is 5. The SMILES string of the molecule is CCC(C)C(NC(=O)C(NC(=O)C(NC)C(C)C)C(C)C)C(CC(=O)N1CCCC1C(OC)C(C)C(=O)NC(C)C(OC1OC(CO)C(O)C(OC2(C(=O)O)CC(O)C(NC(C)=O)C(C(O)C(O)CO)O2)C1O)c1ccccc1)OC. The number of ether oxygens (including phenoxy) is 6. The van der Waals surface area contributed by atoms with Crippen LogP contribution in [-0.4, -0.2) is 232 Å². The first-order chi connectivity index (χ1) is 38.2. The number of aliphatic carboxylic acids is 1. The molecule has 0 spiro atoms. The second-order valence-electron chi connectivity index (χ2n) is 22.4. The van der Waals surface area contributed by atoms with E-state index in [1.54, 1.807) is 56.1 Å². The van der Waals surface area contributed by atoms with Crippen molar-refractivity contribution in [2.45, 2.75) is 210 Å². The molecule has 3 fully saturated rings. The molecule has 1 aromatic carbocycles. The lowest BCUT2D eigenvalue weighted by Crippen LogP contribution is -2.70. The Bertz CT molecular complexity index is 2180. The van der Waals surface area contributed by atoms with Crippen molar-refractivity contribution in [1.29, 1.82) is 0 Å². The van der Waals surface area contributed by atoms with Gasteiger partial charge < -0.3 is 101 Å². The summed E-state index contributed by atoms with van der Waals surface area (Å²) in [5, 5.41) is 101. The molecule has 3 aliphatic heterocycles. The lowest BCUT2D eigenvalue weighted by atomic mass is 9.88. The van der Waals surface area contributed by atoms with Gasteiger partial charge in [-0.25, -0.2) is 4.79 Å². The lowest BCUT2D eigenvalue weighted by Gasteiger charge is -2.50. The van der Waals surface area contributed by atoms with Crippen molar-refractivity contribution < 1.29 is 98.0 Å². The Morgan fingerprint density at radius 1 is 0.852 bits per heavy atom. The molecule has 0 bridgehead atoms. The number of hydrogen-bond acceptors (Lipinski definition) is 20. The highest BCUT2D eigenvalue weighted by atomic mass is 16.8. The molecule has 3 heterocycles. The van der Waals surface area contributed by atoms with Crippen LogP contribution in [0, 0.1) is 23.7 Å². The van der Waals surface area contributed by atoms with Crippen LogP contribution in [0.15, 0.2) is 30.3 Å². The lowest BCUT2D eigenvalue weighted by molar-refractivity contribution is -0.373. The number of amides is 5. The van der Waals surface area contributed by atoms with E-state index < -0.39 is 165 Å². The normalized spacial score (nSPS) is 29.2. The molecule has 13 N–H and O–H groups in total. The maximum atomic E-state index is 14.5. The molecule has 26 nitrogen and oxygen atoms in total. The molecular weight excluding hydrogens is 1060 g/mol. The van der Waals surface area contributed by atoms with Crippen LogP contribution in [0.2, 0.25) is 0 Å². The number of methoxy groups -OCH3 is 2. The zero-order valence-electron chi connectivity index (χ0n) is 48.7. The Balaban J connectivity index is 1.56. The fourth-order valence-electron chi connectivity index (χ4n) is 11.1. The van der Waals surface area contributed by atoms with Gasteiger partial charge in [-0.3, -0.25) is 24.0 Å². The first kappa shape index (κ1) is 69.0. The van der Waals surface area contributed by atoms with Crippen molar-refractivity contribution in [2.75, 3.05) is 41.0 Å². The van der Waals surface area contributed by atoms with Crippen LogP contribution in [0.4, 0.5) is 0 Å². The molecule has 81 heavy (non-hydrogen) atoms. The van der Waals surface area contributed by atoms with Gasteiger partial charge in [0, 0.05) is 34.1 Å². The van der Waals surface area contributed by atoms with Gasteiger partial charge >= 0.3 is 5.97 Å². The number of nitrogens with one attached hydrogen (secondary N) is 5. The van der Waals surface area contributed by atoms with Gasteiger partial charge in [-0.2, -0.15) is 0 Å². The molecule has 3 aliphatic rings. The number of carboxylic acid groups (broad SMARTS) is 1. The highest BCUT2D eigenvalue weighted by molar-refractivity contribution is 5.90. The van der Waals surface area contributed by atoms with E-state index in [-0.39, 0.29) is 36.0 Å². The summed E-state index contributed by atoms with van der Waals surface area (Å²) in [4.78, 5) is 83.1. The summed E-state index contributed by atoms with van der Waals surface area (Å²) in [7, 11) is 4.59. The van der Waals surface area contributed by atoms with Gasteiger partial charge in [-0.1, -0.05) is 85.2 Å². The molecule has 0 radical (unpaired) electrons. The van der Waals surface area contributed by atoms with Crippen molar-refractivity contribution in [1.82, 2.24) is 31.5 Å². The molecule has 4 rings (SSSR count). The minimum absolute atomic E-state index is 0.0387. The van der Waals surface area contributed by atoms with Crippen LogP contribution < -0.4 is 26.6 Å². The number of likely N-dealkylation sites (tertiary alicyclic amines) is 1. The number of carboxylic acids is 1. The van der Waals surface area contributed by atoms with Crippen molar-refractivity contribution >= 4 is 35.5 Å². The minimum atomic E-state index is -3.03. The van der Waals surface area contributed by atoms with Crippen LogP contribution in [0.3, 0.4) is 0 Å². The molecule has 462 valence electrons. The van der Waals surface area contributed by atoms with Gasteiger partial charge in [0.2, 0.25) is 29.5 Å². The van der Waals surface area contributed by atoms with Gasteiger partial charge in [-0.15, -0.1) is 0 Å². The average Bonchev–Trinajstić information content (AvgIpc) is 3.92. The summed E-state index contributed by atoms with van der Waals surface area (Å²) in [6.07, 6.45) is -19.8. The molecular formula is C55H92N6O20. The van der Waals surface area contributed by atoms with Gasteiger partial charge in [0.15, 0.2) is 6.29 Å². The van der Waals surface area contributed by atoms with E-state index in [4.69, 9.17) is 28.4 Å². The van der Waals surface area contributed by atoms with E-state index in [0.29, 0.717) is 31.4 Å². The monoisotopic (exact) mass is 1160 g/mol. The topological polar surface area (TPSA) is 383 Å². The van der Waals surface area contributed by atoms with Gasteiger partial charge in [0.25, 0.3) is 5.79 Å². The number of aliphatic hydroxyl groups excluding tert-OH is 7. The number of benzene rings is 1. The molecule has 0 saturated carbocycles. The summed E-state index contributed by atoms with van der Waals surface area (Å²) in [5.41, 5.74) is 0.440. The van der Waals surface area contributed by atoms with Crippen molar-refractivity contribution in [3.8, 4) is 0 Å². The summed E-state index contributed by atoms with van der Waals surface area (Å²) in [6.45, 7) is 14.1. The Kier molecular flexibility index (Phi) is 26.7. The predicted octanol–water partition coefficient (Wildman–Crippen LogP) is -1.81. The van der Waals surface area contributed by atoms with Crippen LogP contribution in [0.5, 0.6) is 0 Å². The first-order valence-electron chi connectivity index (χ1n) is 27.9. The van der Waals surface area contributed by atoms with Gasteiger partial charge in [-0.05, 0) is 50.1 Å². The molecule has 1 aromatic rings. The van der Waals surface area contributed by atoms with E-state index in [1.807, 2.05) is 41.5 Å². The summed E-state index contributed by atoms with van der Waals surface area (Å²) >= 11 is 0. The third kappa shape index (κ3) is 17.1. The van der Waals surface area contributed by atoms with Crippen LogP contribution >= 0.6 is 0 Å². The maximum absolute atomic E-state index is 14.5. The molecule has 3 saturated heterocycles. The molecule has 0 aliphatic carbocycles. The summed E-state index contributed by atoms with van der Waals surface area (Å²) in [6, 6.07) is 3.27. The third-order valence-electron chi connectivity index (χ3n) is 15.9. The number of carbonyl (C=O) groups is 6. The number of likely N-dealkylation sites (N-methyl/N-ethyl adjacent to an activating group) is 1. The second-order valence-corrected chi connectivity index (χ2v) is 22.4. The van der Waals surface area contributed by atoms with Crippen molar-refractivity contribution in [3.05, 3.63) is 35.9 Å². The molecule has 21 atom stereocenters. The van der Waals surface area contributed by atoms with E-state index in [9.17, 15) is 69.6 Å². The Labute approximate surface area is 474 Å². The predicted molar refractivity (Wildman–Crippen MR) is 289 cm³/mol. The minimum Gasteiger partial charge on any atom is -0.477 e. The molecule has 26 heteroatoms. The van der Waals surface area contributed by atoms with Crippen LogP contribution in [0.1, 0.15) is 106 Å². The highest BCUT2D eigenvalue weighted by Gasteiger charge is 2.60. The fourth-order valence-corrected chi connectivity index (χ4v) is 11.1. The van der Waals surface area contributed by atoms with Crippen LogP contribution in [-0.2, 0) is 57.2 Å². The van der Waals surface area contributed by atoms with E-state index in [0.717, 1.165) is 6.92 Å². The zero-order chi connectivity index (χ0) is 60.8. The maximum Gasteiger partial charge on any atom is 0.364 e. The Morgan fingerprint density at radius 2 is 1.48 bits per heavy atom. The van der Waals surface area contributed by atoms with Gasteiger partial charge in [0.05, 0.1) is 74.1 Å². The van der Waals surface area contributed by atoms with E-state index in [2.05, 4.69) is 26.6 Å². The number of rotatable bonds is 30. The van der Waals surface area contributed by atoms with Crippen molar-refractivity contribution in [3.63, 3.8) is 0 Å². The van der Waals surface area contributed by atoms with E-state index in [1.165, 1.54) is 14.2 Å². The fraction of sp³-hybridized carbons (Fsp3) is 0.782.